The Labute approximate surface area is 117 Å². The fraction of sp³-hybridized carbons (Fsp3) is 0.571. The summed E-state index contributed by atoms with van der Waals surface area (Å²) in [6.07, 6.45) is 0.761. The van der Waals surface area contributed by atoms with Gasteiger partial charge in [0.15, 0.2) is 0 Å². The third kappa shape index (κ3) is 4.67. The van der Waals surface area contributed by atoms with Gasteiger partial charge in [0.25, 0.3) is 0 Å². The Morgan fingerprint density at radius 2 is 2.11 bits per heavy atom. The molecular weight excluding hydrogens is 297 g/mol. The predicted octanol–water partition coefficient (Wildman–Crippen LogP) is 3.65. The lowest BCUT2D eigenvalue weighted by Crippen LogP contribution is -2.32. The molecule has 102 valence electrons. The highest BCUT2D eigenvalue weighted by molar-refractivity contribution is 9.10. The molecule has 1 rings (SSSR count). The standard InChI is InChI=1S/C14H21BrFNO/c1-10(17-9-14(2,3)6-7-18)12-5-4-11(16)8-13(12)15/h4-5,8,10,17-18H,6-7,9H2,1-3H3. The van der Waals surface area contributed by atoms with E-state index in [0.717, 1.165) is 23.0 Å². The fourth-order valence-electron chi connectivity index (χ4n) is 1.78. The van der Waals surface area contributed by atoms with Crippen LogP contribution in [0.3, 0.4) is 0 Å². The smallest absolute Gasteiger partial charge is 0.124 e. The SMILES string of the molecule is CC(NCC(C)(C)CCO)c1ccc(F)cc1Br. The van der Waals surface area contributed by atoms with Gasteiger partial charge in [0.1, 0.15) is 5.82 Å². The Morgan fingerprint density at radius 1 is 1.44 bits per heavy atom. The summed E-state index contributed by atoms with van der Waals surface area (Å²) in [5.74, 6) is -0.238. The van der Waals surface area contributed by atoms with Crippen molar-refractivity contribution in [2.24, 2.45) is 5.41 Å². The van der Waals surface area contributed by atoms with Gasteiger partial charge in [-0.3, -0.25) is 0 Å². The van der Waals surface area contributed by atoms with Crippen molar-refractivity contribution in [2.75, 3.05) is 13.2 Å². The van der Waals surface area contributed by atoms with E-state index in [4.69, 9.17) is 5.11 Å². The van der Waals surface area contributed by atoms with Crippen LogP contribution in [-0.2, 0) is 0 Å². The first kappa shape index (κ1) is 15.6. The topological polar surface area (TPSA) is 32.3 Å². The van der Waals surface area contributed by atoms with Crippen LogP contribution >= 0.6 is 15.9 Å². The molecule has 0 aliphatic carbocycles. The van der Waals surface area contributed by atoms with E-state index < -0.39 is 0 Å². The second-order valence-electron chi connectivity index (χ2n) is 5.41. The van der Waals surface area contributed by atoms with Crippen LogP contribution in [0.15, 0.2) is 22.7 Å². The van der Waals surface area contributed by atoms with Gasteiger partial charge in [-0.05, 0) is 36.5 Å². The molecule has 0 aromatic heterocycles. The molecule has 0 radical (unpaired) electrons. The summed E-state index contributed by atoms with van der Waals surface area (Å²) in [6, 6.07) is 4.87. The van der Waals surface area contributed by atoms with Crippen LogP contribution in [0.4, 0.5) is 4.39 Å². The van der Waals surface area contributed by atoms with Crippen LogP contribution in [0.25, 0.3) is 0 Å². The van der Waals surface area contributed by atoms with Crippen LogP contribution in [0.5, 0.6) is 0 Å². The largest absolute Gasteiger partial charge is 0.396 e. The van der Waals surface area contributed by atoms with Crippen LogP contribution < -0.4 is 5.32 Å². The molecule has 18 heavy (non-hydrogen) atoms. The van der Waals surface area contributed by atoms with Gasteiger partial charge >= 0.3 is 0 Å². The zero-order valence-electron chi connectivity index (χ0n) is 11.1. The average Bonchev–Trinajstić information content (AvgIpc) is 2.26. The lowest BCUT2D eigenvalue weighted by atomic mass is 9.89. The number of halogens is 2. The Bertz CT molecular complexity index is 395. The molecule has 1 aromatic carbocycles. The zero-order chi connectivity index (χ0) is 13.8. The van der Waals surface area contributed by atoms with Crippen molar-refractivity contribution in [3.05, 3.63) is 34.1 Å². The lowest BCUT2D eigenvalue weighted by Gasteiger charge is -2.27. The molecule has 0 amide bonds. The quantitative estimate of drug-likeness (QED) is 0.839. The van der Waals surface area contributed by atoms with Gasteiger partial charge in [-0.1, -0.05) is 35.8 Å². The summed E-state index contributed by atoms with van der Waals surface area (Å²) < 4.78 is 13.8. The maximum absolute atomic E-state index is 13.0. The molecule has 1 aromatic rings. The van der Waals surface area contributed by atoms with Crippen molar-refractivity contribution >= 4 is 15.9 Å². The number of rotatable bonds is 6. The average molecular weight is 318 g/mol. The van der Waals surface area contributed by atoms with Crippen molar-refractivity contribution in [1.82, 2.24) is 5.32 Å². The summed E-state index contributed by atoms with van der Waals surface area (Å²) in [7, 11) is 0. The molecule has 1 unspecified atom stereocenters. The maximum Gasteiger partial charge on any atom is 0.124 e. The molecule has 0 bridgehead atoms. The van der Waals surface area contributed by atoms with Gasteiger partial charge in [0.05, 0.1) is 0 Å². The number of aliphatic hydroxyl groups excluding tert-OH is 1. The number of hydrogen-bond acceptors (Lipinski definition) is 2. The molecule has 0 heterocycles. The molecule has 0 saturated carbocycles. The minimum Gasteiger partial charge on any atom is -0.396 e. The minimum absolute atomic E-state index is 0.0511. The molecule has 0 aliphatic heterocycles. The highest BCUT2D eigenvalue weighted by atomic mass is 79.9. The van der Waals surface area contributed by atoms with Crippen molar-refractivity contribution < 1.29 is 9.50 Å². The van der Waals surface area contributed by atoms with Crippen LogP contribution in [0.1, 0.15) is 38.8 Å². The molecule has 1 atom stereocenters. The Hall–Kier alpha value is -0.450. The first-order chi connectivity index (χ1) is 8.35. The summed E-state index contributed by atoms with van der Waals surface area (Å²) in [4.78, 5) is 0. The molecular formula is C14H21BrFNO. The molecule has 4 heteroatoms. The first-order valence-electron chi connectivity index (χ1n) is 6.15. The van der Waals surface area contributed by atoms with Crippen molar-refractivity contribution in [3.8, 4) is 0 Å². The third-order valence-electron chi connectivity index (χ3n) is 3.10. The fourth-order valence-corrected chi connectivity index (χ4v) is 2.48. The Balaban J connectivity index is 2.63. The number of nitrogens with one attached hydrogen (secondary N) is 1. The summed E-state index contributed by atoms with van der Waals surface area (Å²) in [6.45, 7) is 7.28. The van der Waals surface area contributed by atoms with E-state index in [1.54, 1.807) is 6.07 Å². The van der Waals surface area contributed by atoms with Gasteiger partial charge in [-0.25, -0.2) is 4.39 Å². The van der Waals surface area contributed by atoms with Gasteiger partial charge < -0.3 is 10.4 Å². The van der Waals surface area contributed by atoms with Gasteiger partial charge in [0.2, 0.25) is 0 Å². The second kappa shape index (κ2) is 6.64. The van der Waals surface area contributed by atoms with Gasteiger partial charge in [-0.2, -0.15) is 0 Å². The maximum atomic E-state index is 13.0. The third-order valence-corrected chi connectivity index (χ3v) is 3.79. The molecule has 2 N–H and O–H groups in total. The summed E-state index contributed by atoms with van der Waals surface area (Å²) in [5, 5.41) is 12.4. The summed E-state index contributed by atoms with van der Waals surface area (Å²) >= 11 is 3.38. The van der Waals surface area contributed by atoms with Crippen molar-refractivity contribution in [1.29, 1.82) is 0 Å². The van der Waals surface area contributed by atoms with Gasteiger partial charge in [0, 0.05) is 23.7 Å². The minimum atomic E-state index is -0.238. The van der Waals surface area contributed by atoms with E-state index in [1.807, 2.05) is 6.92 Å². The van der Waals surface area contributed by atoms with E-state index >= 15 is 0 Å². The number of aliphatic hydroxyl groups is 1. The van der Waals surface area contributed by atoms with E-state index in [0.29, 0.717) is 0 Å². The van der Waals surface area contributed by atoms with E-state index in [2.05, 4.69) is 35.1 Å². The van der Waals surface area contributed by atoms with Crippen LogP contribution in [0, 0.1) is 11.2 Å². The predicted molar refractivity (Wildman–Crippen MR) is 76.0 cm³/mol. The Kier molecular flexibility index (Phi) is 5.76. The van der Waals surface area contributed by atoms with E-state index in [-0.39, 0.29) is 23.9 Å². The lowest BCUT2D eigenvalue weighted by molar-refractivity contribution is 0.203. The molecule has 0 spiro atoms. The molecule has 0 saturated heterocycles. The normalized spacial score (nSPS) is 13.7. The van der Waals surface area contributed by atoms with Crippen molar-refractivity contribution in [3.63, 3.8) is 0 Å². The number of benzene rings is 1. The first-order valence-corrected chi connectivity index (χ1v) is 6.94. The summed E-state index contributed by atoms with van der Waals surface area (Å²) in [5.41, 5.74) is 1.09. The highest BCUT2D eigenvalue weighted by Crippen LogP contribution is 2.26. The Morgan fingerprint density at radius 3 is 2.67 bits per heavy atom. The van der Waals surface area contributed by atoms with Crippen molar-refractivity contribution in [2.45, 2.75) is 33.2 Å². The number of hydrogen-bond donors (Lipinski definition) is 2. The molecule has 0 aliphatic rings. The van der Waals surface area contributed by atoms with Crippen LogP contribution in [-0.4, -0.2) is 18.3 Å². The molecule has 0 fully saturated rings. The van der Waals surface area contributed by atoms with E-state index in [1.165, 1.54) is 12.1 Å². The molecule has 2 nitrogen and oxygen atoms in total. The second-order valence-corrected chi connectivity index (χ2v) is 6.26. The van der Waals surface area contributed by atoms with Gasteiger partial charge in [-0.15, -0.1) is 0 Å². The monoisotopic (exact) mass is 317 g/mol. The van der Waals surface area contributed by atoms with E-state index in [9.17, 15) is 4.39 Å². The van der Waals surface area contributed by atoms with Crippen LogP contribution in [0.2, 0.25) is 0 Å². The highest BCUT2D eigenvalue weighted by Gasteiger charge is 2.19. The zero-order valence-corrected chi connectivity index (χ0v) is 12.7.